The summed E-state index contributed by atoms with van der Waals surface area (Å²) in [6.45, 7) is 5.54. The minimum Gasteiger partial charge on any atom is -0.315 e. The molecule has 0 unspecified atom stereocenters. The largest absolute Gasteiger partial charge is 0.315 e. The predicted molar refractivity (Wildman–Crippen MR) is 84.8 cm³/mol. The Morgan fingerprint density at radius 3 is 2.50 bits per heavy atom. The Morgan fingerprint density at radius 2 is 1.95 bits per heavy atom. The number of hydrogen-bond acceptors (Lipinski definition) is 1. The second-order valence-corrected chi connectivity index (χ2v) is 5.49. The van der Waals surface area contributed by atoms with Crippen molar-refractivity contribution in [2.24, 2.45) is 5.92 Å². The van der Waals surface area contributed by atoms with Gasteiger partial charge in [-0.05, 0) is 31.4 Å². The van der Waals surface area contributed by atoms with E-state index < -0.39 is 0 Å². The van der Waals surface area contributed by atoms with Crippen molar-refractivity contribution in [1.82, 2.24) is 5.32 Å². The molecule has 1 saturated carbocycles. The zero-order chi connectivity index (χ0) is 14.8. The SMILES string of the molecule is C#C/C(=C\C=C(/C)CC1CCCCCC1)NC(=O)C=C. The first-order valence-corrected chi connectivity index (χ1v) is 7.43. The van der Waals surface area contributed by atoms with Crippen LogP contribution in [0.15, 0.2) is 36.1 Å². The fraction of sp³-hybridized carbons (Fsp3) is 0.500. The van der Waals surface area contributed by atoms with Gasteiger partial charge in [0.25, 0.3) is 0 Å². The van der Waals surface area contributed by atoms with Crippen LogP contribution in [0.1, 0.15) is 51.9 Å². The minimum atomic E-state index is -0.274. The monoisotopic (exact) mass is 271 g/mol. The molecule has 2 nitrogen and oxygen atoms in total. The van der Waals surface area contributed by atoms with E-state index in [2.05, 4.69) is 24.7 Å². The van der Waals surface area contributed by atoms with Gasteiger partial charge in [0, 0.05) is 0 Å². The molecule has 2 heteroatoms. The lowest BCUT2D eigenvalue weighted by Crippen LogP contribution is -2.18. The first kappa shape index (κ1) is 16.3. The number of hydrogen-bond donors (Lipinski definition) is 1. The highest BCUT2D eigenvalue weighted by molar-refractivity contribution is 5.88. The van der Waals surface area contributed by atoms with Crippen molar-refractivity contribution < 1.29 is 4.79 Å². The number of nitrogens with one attached hydrogen (secondary N) is 1. The molecule has 20 heavy (non-hydrogen) atoms. The topological polar surface area (TPSA) is 29.1 Å². The van der Waals surface area contributed by atoms with E-state index in [0.717, 1.165) is 12.3 Å². The molecule has 1 fully saturated rings. The molecule has 0 radical (unpaired) electrons. The Balaban J connectivity index is 2.55. The maximum atomic E-state index is 11.2. The van der Waals surface area contributed by atoms with E-state index in [1.54, 1.807) is 6.08 Å². The van der Waals surface area contributed by atoms with Crippen LogP contribution < -0.4 is 5.32 Å². The van der Waals surface area contributed by atoms with Gasteiger partial charge in [-0.2, -0.15) is 0 Å². The average Bonchev–Trinajstić information content (AvgIpc) is 2.71. The van der Waals surface area contributed by atoms with E-state index in [1.807, 2.05) is 6.08 Å². The summed E-state index contributed by atoms with van der Waals surface area (Å²) in [5.74, 6) is 3.00. The van der Waals surface area contributed by atoms with Crippen molar-refractivity contribution >= 4 is 5.91 Å². The van der Waals surface area contributed by atoms with Gasteiger partial charge in [0.2, 0.25) is 5.91 Å². The Kier molecular flexibility index (Phi) is 7.50. The highest BCUT2D eigenvalue weighted by Gasteiger charge is 2.12. The summed E-state index contributed by atoms with van der Waals surface area (Å²) in [5, 5.41) is 2.61. The molecule has 1 rings (SSSR count). The van der Waals surface area contributed by atoms with Crippen molar-refractivity contribution in [2.75, 3.05) is 0 Å². The molecule has 1 amide bonds. The molecule has 0 atom stereocenters. The van der Waals surface area contributed by atoms with Crippen LogP contribution in [0.25, 0.3) is 0 Å². The maximum absolute atomic E-state index is 11.2. The summed E-state index contributed by atoms with van der Waals surface area (Å²) >= 11 is 0. The Morgan fingerprint density at radius 1 is 1.30 bits per heavy atom. The van der Waals surface area contributed by atoms with Crippen molar-refractivity contribution in [1.29, 1.82) is 0 Å². The standard InChI is InChI=1S/C18H25NO/c1-4-17(19-18(20)5-2)13-12-15(3)14-16-10-8-6-7-9-11-16/h1,5,12-13,16H,2,6-11,14H2,3H3,(H,19,20)/b15-12+,17-13+. The molecule has 0 aromatic rings. The number of allylic oxidation sites excluding steroid dienone is 4. The first-order valence-electron chi connectivity index (χ1n) is 7.43. The van der Waals surface area contributed by atoms with E-state index in [0.29, 0.717) is 5.70 Å². The van der Waals surface area contributed by atoms with Crippen LogP contribution in [0.4, 0.5) is 0 Å². The molecule has 1 N–H and O–H groups in total. The molecule has 1 aliphatic rings. The zero-order valence-corrected chi connectivity index (χ0v) is 12.5. The van der Waals surface area contributed by atoms with Crippen molar-refractivity contribution in [3.8, 4) is 12.3 Å². The number of carbonyl (C=O) groups is 1. The van der Waals surface area contributed by atoms with Crippen LogP contribution in [0, 0.1) is 18.3 Å². The van der Waals surface area contributed by atoms with Crippen LogP contribution >= 0.6 is 0 Å². The van der Waals surface area contributed by atoms with Gasteiger partial charge in [-0.25, -0.2) is 0 Å². The van der Waals surface area contributed by atoms with Gasteiger partial charge in [0.05, 0.1) is 5.70 Å². The fourth-order valence-electron chi connectivity index (χ4n) is 2.63. The number of amides is 1. The van der Waals surface area contributed by atoms with Gasteiger partial charge >= 0.3 is 0 Å². The quantitative estimate of drug-likeness (QED) is 0.347. The molecular weight excluding hydrogens is 246 g/mol. The van der Waals surface area contributed by atoms with E-state index >= 15 is 0 Å². The fourth-order valence-corrected chi connectivity index (χ4v) is 2.63. The van der Waals surface area contributed by atoms with Crippen molar-refractivity contribution in [3.63, 3.8) is 0 Å². The molecule has 0 saturated heterocycles. The van der Waals surface area contributed by atoms with Gasteiger partial charge in [-0.15, -0.1) is 6.42 Å². The van der Waals surface area contributed by atoms with Gasteiger partial charge in [0.15, 0.2) is 0 Å². The lowest BCUT2D eigenvalue weighted by Gasteiger charge is -2.13. The third kappa shape index (κ3) is 6.43. The zero-order valence-electron chi connectivity index (χ0n) is 12.5. The number of carbonyl (C=O) groups excluding carboxylic acids is 1. The minimum absolute atomic E-state index is 0.274. The molecule has 0 heterocycles. The lowest BCUT2D eigenvalue weighted by atomic mass is 9.93. The molecular formula is C18H25NO. The van der Waals surface area contributed by atoms with Gasteiger partial charge in [-0.3, -0.25) is 4.79 Å². The molecule has 0 bridgehead atoms. The second kappa shape index (κ2) is 9.20. The van der Waals surface area contributed by atoms with E-state index in [4.69, 9.17) is 6.42 Å². The summed E-state index contributed by atoms with van der Waals surface area (Å²) in [7, 11) is 0. The lowest BCUT2D eigenvalue weighted by molar-refractivity contribution is -0.115. The number of rotatable bonds is 5. The average molecular weight is 271 g/mol. The summed E-state index contributed by atoms with van der Waals surface area (Å²) in [5.41, 5.74) is 1.80. The molecule has 108 valence electrons. The third-order valence-electron chi connectivity index (χ3n) is 3.72. The Labute approximate surface area is 123 Å². The molecule has 0 aromatic heterocycles. The van der Waals surface area contributed by atoms with Crippen LogP contribution in [0.3, 0.4) is 0 Å². The summed E-state index contributed by atoms with van der Waals surface area (Å²) in [4.78, 5) is 11.2. The predicted octanol–water partition coefficient (Wildman–Crippen LogP) is 4.11. The van der Waals surface area contributed by atoms with Gasteiger partial charge in [-0.1, -0.05) is 62.7 Å². The number of terminal acetylenes is 1. The van der Waals surface area contributed by atoms with E-state index in [9.17, 15) is 4.79 Å². The highest BCUT2D eigenvalue weighted by Crippen LogP contribution is 2.27. The van der Waals surface area contributed by atoms with Crippen molar-refractivity contribution in [3.05, 3.63) is 36.1 Å². The second-order valence-electron chi connectivity index (χ2n) is 5.49. The van der Waals surface area contributed by atoms with Gasteiger partial charge in [0.1, 0.15) is 0 Å². The summed E-state index contributed by atoms with van der Waals surface area (Å²) in [6.07, 6.45) is 19.7. The Bertz CT molecular complexity index is 429. The molecule has 1 aliphatic carbocycles. The van der Waals surface area contributed by atoms with E-state index in [-0.39, 0.29) is 5.91 Å². The summed E-state index contributed by atoms with van der Waals surface area (Å²) in [6, 6.07) is 0. The Hall–Kier alpha value is -1.75. The van der Waals surface area contributed by atoms with Gasteiger partial charge < -0.3 is 5.32 Å². The molecule has 0 aliphatic heterocycles. The van der Waals surface area contributed by atoms with Crippen LogP contribution in [-0.4, -0.2) is 5.91 Å². The van der Waals surface area contributed by atoms with Crippen LogP contribution in [0.5, 0.6) is 0 Å². The smallest absolute Gasteiger partial charge is 0.248 e. The highest BCUT2D eigenvalue weighted by atomic mass is 16.1. The normalized spacial score (nSPS) is 18.0. The molecule has 0 aromatic carbocycles. The summed E-state index contributed by atoms with van der Waals surface area (Å²) < 4.78 is 0. The van der Waals surface area contributed by atoms with Crippen LogP contribution in [-0.2, 0) is 4.79 Å². The third-order valence-corrected chi connectivity index (χ3v) is 3.72. The first-order chi connectivity index (χ1) is 9.65. The van der Waals surface area contributed by atoms with Crippen LogP contribution in [0.2, 0.25) is 0 Å². The molecule has 0 spiro atoms. The maximum Gasteiger partial charge on any atom is 0.248 e. The van der Waals surface area contributed by atoms with E-state index in [1.165, 1.54) is 50.2 Å². The van der Waals surface area contributed by atoms with Crippen molar-refractivity contribution in [2.45, 2.75) is 51.9 Å².